The number of H-pyrrole nitrogens is 1. The van der Waals surface area contributed by atoms with Crippen LogP contribution in [0.3, 0.4) is 0 Å². The summed E-state index contributed by atoms with van der Waals surface area (Å²) in [6, 6.07) is 4.37. The highest BCUT2D eigenvalue weighted by molar-refractivity contribution is 5.74. The third-order valence-corrected chi connectivity index (χ3v) is 2.47. The van der Waals surface area contributed by atoms with E-state index in [0.717, 1.165) is 0 Å². The van der Waals surface area contributed by atoms with Crippen LogP contribution in [-0.4, -0.2) is 28.2 Å². The van der Waals surface area contributed by atoms with E-state index in [0.29, 0.717) is 17.0 Å². The van der Waals surface area contributed by atoms with Crippen LogP contribution in [0.4, 0.5) is 4.39 Å². The predicted molar refractivity (Wildman–Crippen MR) is 61.9 cm³/mol. The second-order valence-corrected chi connectivity index (χ2v) is 3.65. The average molecular weight is 250 g/mol. The molecule has 0 saturated heterocycles. The lowest BCUT2D eigenvalue weighted by Gasteiger charge is -2.04. The number of hydrogen-bond acceptors (Lipinski definition) is 3. The molecule has 0 amide bonds. The maximum atomic E-state index is 13.6. The van der Waals surface area contributed by atoms with Gasteiger partial charge in [-0.2, -0.15) is 0 Å². The van der Waals surface area contributed by atoms with Crippen molar-refractivity contribution < 1.29 is 19.0 Å². The Labute approximate surface area is 102 Å². The Morgan fingerprint density at radius 1 is 1.56 bits per heavy atom. The van der Waals surface area contributed by atoms with Gasteiger partial charge in [0, 0.05) is 5.56 Å². The van der Waals surface area contributed by atoms with Crippen LogP contribution in [0.1, 0.15) is 5.69 Å². The van der Waals surface area contributed by atoms with Crippen LogP contribution < -0.4 is 4.74 Å². The number of methoxy groups -OCH3 is 1. The minimum atomic E-state index is -0.977. The molecule has 2 N–H and O–H groups in total. The largest absolute Gasteiger partial charge is 0.494 e. The van der Waals surface area contributed by atoms with Crippen LogP contribution in [0.5, 0.6) is 5.75 Å². The van der Waals surface area contributed by atoms with Crippen LogP contribution in [-0.2, 0) is 11.2 Å². The summed E-state index contributed by atoms with van der Waals surface area (Å²) in [5.74, 6) is -1.36. The molecule has 1 heterocycles. The number of nitrogens with one attached hydrogen (secondary N) is 1. The van der Waals surface area contributed by atoms with Crippen molar-refractivity contribution in [2.24, 2.45) is 0 Å². The molecule has 2 aromatic rings. The molecule has 0 spiro atoms. The van der Waals surface area contributed by atoms with E-state index in [1.54, 1.807) is 6.07 Å². The summed E-state index contributed by atoms with van der Waals surface area (Å²) >= 11 is 0. The van der Waals surface area contributed by atoms with Gasteiger partial charge in [-0.05, 0) is 18.2 Å². The molecule has 18 heavy (non-hydrogen) atoms. The number of aliphatic carboxylic acids is 1. The van der Waals surface area contributed by atoms with Gasteiger partial charge in [-0.15, -0.1) is 0 Å². The van der Waals surface area contributed by atoms with Gasteiger partial charge in [-0.25, -0.2) is 9.37 Å². The Kier molecular flexibility index (Phi) is 3.27. The van der Waals surface area contributed by atoms with E-state index in [9.17, 15) is 9.18 Å². The number of nitrogens with zero attached hydrogens (tertiary/aromatic N) is 1. The number of benzene rings is 1. The molecule has 1 aromatic heterocycles. The van der Waals surface area contributed by atoms with Crippen LogP contribution in [0.25, 0.3) is 11.3 Å². The first-order chi connectivity index (χ1) is 8.61. The monoisotopic (exact) mass is 250 g/mol. The van der Waals surface area contributed by atoms with E-state index in [-0.39, 0.29) is 12.2 Å². The number of halogens is 1. The number of rotatable bonds is 4. The highest BCUT2D eigenvalue weighted by Crippen LogP contribution is 2.26. The van der Waals surface area contributed by atoms with Gasteiger partial charge in [0.1, 0.15) is 0 Å². The standard InChI is InChI=1S/C12H11FN2O3/c1-18-10-3-2-7(4-8(10)13)12-9(5-11(16)17)14-6-15-12/h2-4,6H,5H2,1H3,(H,14,15)(H,16,17). The third-order valence-electron chi connectivity index (χ3n) is 2.47. The van der Waals surface area contributed by atoms with Gasteiger partial charge in [0.15, 0.2) is 11.6 Å². The molecule has 94 valence electrons. The zero-order valence-electron chi connectivity index (χ0n) is 9.61. The maximum absolute atomic E-state index is 13.6. The van der Waals surface area contributed by atoms with Crippen molar-refractivity contribution >= 4 is 5.97 Å². The predicted octanol–water partition coefficient (Wildman–Crippen LogP) is 1.85. The van der Waals surface area contributed by atoms with Gasteiger partial charge in [0.25, 0.3) is 0 Å². The first-order valence-corrected chi connectivity index (χ1v) is 5.19. The highest BCUT2D eigenvalue weighted by atomic mass is 19.1. The Hall–Kier alpha value is -2.37. The molecule has 0 aliphatic heterocycles. The summed E-state index contributed by atoms with van der Waals surface area (Å²) in [6.07, 6.45) is 1.19. The van der Waals surface area contributed by atoms with Crippen molar-refractivity contribution in [2.45, 2.75) is 6.42 Å². The first-order valence-electron chi connectivity index (χ1n) is 5.19. The summed E-state index contributed by atoms with van der Waals surface area (Å²) in [5.41, 5.74) is 1.37. The van der Waals surface area contributed by atoms with Gasteiger partial charge in [-0.3, -0.25) is 4.79 Å². The molecule has 2 rings (SSSR count). The molecule has 0 fully saturated rings. The van der Waals surface area contributed by atoms with Crippen molar-refractivity contribution in [3.63, 3.8) is 0 Å². The molecule has 0 unspecified atom stereocenters. The fourth-order valence-electron chi connectivity index (χ4n) is 1.67. The summed E-state index contributed by atoms with van der Waals surface area (Å²) in [7, 11) is 1.38. The van der Waals surface area contributed by atoms with Crippen LogP contribution in [0.15, 0.2) is 24.5 Å². The molecule has 0 atom stereocenters. The minimum absolute atomic E-state index is 0.133. The first kappa shape index (κ1) is 12.1. The van der Waals surface area contributed by atoms with E-state index < -0.39 is 11.8 Å². The molecule has 0 aliphatic rings. The molecule has 0 bridgehead atoms. The number of aromatic amines is 1. The van der Waals surface area contributed by atoms with Crippen molar-refractivity contribution in [1.29, 1.82) is 0 Å². The Bertz CT molecular complexity index is 580. The quantitative estimate of drug-likeness (QED) is 0.868. The second kappa shape index (κ2) is 4.87. The van der Waals surface area contributed by atoms with E-state index in [2.05, 4.69) is 9.97 Å². The maximum Gasteiger partial charge on any atom is 0.309 e. The summed E-state index contributed by atoms with van der Waals surface area (Å²) < 4.78 is 18.4. The van der Waals surface area contributed by atoms with Gasteiger partial charge in [0.05, 0.1) is 31.2 Å². The molecule has 6 heteroatoms. The van der Waals surface area contributed by atoms with Gasteiger partial charge in [0.2, 0.25) is 0 Å². The lowest BCUT2D eigenvalue weighted by molar-refractivity contribution is -0.136. The number of hydrogen-bond donors (Lipinski definition) is 2. The topological polar surface area (TPSA) is 75.2 Å². The second-order valence-electron chi connectivity index (χ2n) is 3.65. The van der Waals surface area contributed by atoms with Crippen molar-refractivity contribution in [3.8, 4) is 17.0 Å². The fraction of sp³-hybridized carbons (Fsp3) is 0.167. The zero-order valence-corrected chi connectivity index (χ0v) is 9.61. The Balaban J connectivity index is 2.40. The number of carboxylic acids is 1. The highest BCUT2D eigenvalue weighted by Gasteiger charge is 2.13. The van der Waals surface area contributed by atoms with E-state index in [1.807, 2.05) is 0 Å². The van der Waals surface area contributed by atoms with Gasteiger partial charge >= 0.3 is 5.97 Å². The molecular formula is C12H11FN2O3. The molecule has 5 nitrogen and oxygen atoms in total. The summed E-state index contributed by atoms with van der Waals surface area (Å²) in [6.45, 7) is 0. The summed E-state index contributed by atoms with van der Waals surface area (Å²) in [4.78, 5) is 17.4. The lowest BCUT2D eigenvalue weighted by Crippen LogP contribution is -2.02. The average Bonchev–Trinajstić information content (AvgIpc) is 2.76. The van der Waals surface area contributed by atoms with Crippen molar-refractivity contribution in [3.05, 3.63) is 36.0 Å². The normalized spacial score (nSPS) is 10.3. The van der Waals surface area contributed by atoms with Crippen molar-refractivity contribution in [2.75, 3.05) is 7.11 Å². The molecule has 0 aliphatic carbocycles. The van der Waals surface area contributed by atoms with E-state index >= 15 is 0 Å². The van der Waals surface area contributed by atoms with Crippen LogP contribution in [0, 0.1) is 5.82 Å². The van der Waals surface area contributed by atoms with Crippen molar-refractivity contribution in [1.82, 2.24) is 9.97 Å². The van der Waals surface area contributed by atoms with Crippen LogP contribution >= 0.6 is 0 Å². The molecular weight excluding hydrogens is 239 g/mol. The molecule has 1 aromatic carbocycles. The number of aromatic nitrogens is 2. The Morgan fingerprint density at radius 3 is 2.94 bits per heavy atom. The van der Waals surface area contributed by atoms with Gasteiger partial charge < -0.3 is 14.8 Å². The lowest BCUT2D eigenvalue weighted by atomic mass is 10.1. The Morgan fingerprint density at radius 2 is 2.33 bits per heavy atom. The fourth-order valence-corrected chi connectivity index (χ4v) is 1.67. The number of carbonyl (C=O) groups is 1. The van der Waals surface area contributed by atoms with Gasteiger partial charge in [-0.1, -0.05) is 0 Å². The van der Waals surface area contributed by atoms with Crippen LogP contribution in [0.2, 0.25) is 0 Å². The van der Waals surface area contributed by atoms with E-state index in [1.165, 1.54) is 25.6 Å². The molecule has 0 radical (unpaired) electrons. The summed E-state index contributed by atoms with van der Waals surface area (Å²) in [5, 5.41) is 8.75. The SMILES string of the molecule is COc1ccc(-c2nc[nH]c2CC(=O)O)cc1F. The smallest absolute Gasteiger partial charge is 0.309 e. The zero-order chi connectivity index (χ0) is 13.1. The number of ether oxygens (including phenoxy) is 1. The number of imidazole rings is 1. The number of carboxylic acid groups (broad SMARTS) is 1. The van der Waals surface area contributed by atoms with E-state index in [4.69, 9.17) is 9.84 Å². The minimum Gasteiger partial charge on any atom is -0.494 e. The molecule has 0 saturated carbocycles. The third kappa shape index (κ3) is 2.32.